The first-order chi connectivity index (χ1) is 12.3. The van der Waals surface area contributed by atoms with Crippen LogP contribution in [0.1, 0.15) is 17.2 Å². The molecular formula is C19H16BrN3O2. The third-order valence-electron chi connectivity index (χ3n) is 4.07. The summed E-state index contributed by atoms with van der Waals surface area (Å²) in [5, 5.41) is 4.46. The molecule has 0 radical (unpaired) electrons. The van der Waals surface area contributed by atoms with Crippen molar-refractivity contribution in [3.8, 4) is 5.75 Å². The van der Waals surface area contributed by atoms with Gasteiger partial charge in [-0.25, -0.2) is 4.98 Å². The van der Waals surface area contributed by atoms with Gasteiger partial charge in [-0.05, 0) is 29.8 Å². The summed E-state index contributed by atoms with van der Waals surface area (Å²) < 4.78 is 8.90. The molecule has 6 heteroatoms. The summed E-state index contributed by atoms with van der Waals surface area (Å²) in [6.07, 6.45) is 5.43. The molecule has 25 heavy (non-hydrogen) atoms. The van der Waals surface area contributed by atoms with Gasteiger partial charge < -0.3 is 14.1 Å². The summed E-state index contributed by atoms with van der Waals surface area (Å²) in [6, 6.07) is 15.8. The second-order valence-corrected chi connectivity index (χ2v) is 6.62. The number of halogens is 1. The van der Waals surface area contributed by atoms with Crippen LogP contribution >= 0.6 is 15.9 Å². The molecular weight excluding hydrogens is 382 g/mol. The fourth-order valence-corrected chi connectivity index (χ4v) is 3.04. The fourth-order valence-electron chi connectivity index (χ4n) is 2.78. The standard InChI is InChI=1S/C19H16BrN3O2/c20-15-7-5-14(6-8-15)11-25-22-19-16-3-1-2-4-18(16)24-12-17(19)23-10-9-21-13-23/h1-10,13,17H,11-12H2/b22-19-. The first-order valence-electron chi connectivity index (χ1n) is 7.95. The molecule has 0 saturated carbocycles. The minimum Gasteiger partial charge on any atom is -0.490 e. The average molecular weight is 398 g/mol. The van der Waals surface area contributed by atoms with Crippen molar-refractivity contribution >= 4 is 21.6 Å². The SMILES string of the molecule is Brc1ccc(CO/N=C2/c3ccccc3OCC2n2ccnc2)cc1. The molecule has 126 valence electrons. The van der Waals surface area contributed by atoms with Crippen molar-refractivity contribution in [1.29, 1.82) is 0 Å². The summed E-state index contributed by atoms with van der Waals surface area (Å²) in [7, 11) is 0. The summed E-state index contributed by atoms with van der Waals surface area (Å²) in [4.78, 5) is 9.80. The van der Waals surface area contributed by atoms with Crippen LogP contribution < -0.4 is 4.74 Å². The van der Waals surface area contributed by atoms with Gasteiger partial charge >= 0.3 is 0 Å². The van der Waals surface area contributed by atoms with E-state index in [0.29, 0.717) is 13.2 Å². The smallest absolute Gasteiger partial charge is 0.142 e. The molecule has 1 aromatic heterocycles. The summed E-state index contributed by atoms with van der Waals surface area (Å²) >= 11 is 3.43. The van der Waals surface area contributed by atoms with Crippen molar-refractivity contribution in [1.82, 2.24) is 9.55 Å². The normalized spacial score (nSPS) is 17.8. The Bertz CT molecular complexity index is 876. The molecule has 0 fully saturated rings. The quantitative estimate of drug-likeness (QED) is 0.619. The number of imidazole rings is 1. The second-order valence-electron chi connectivity index (χ2n) is 5.71. The number of rotatable bonds is 4. The summed E-state index contributed by atoms with van der Waals surface area (Å²) in [5.74, 6) is 0.824. The molecule has 1 unspecified atom stereocenters. The lowest BCUT2D eigenvalue weighted by molar-refractivity contribution is 0.127. The molecule has 1 atom stereocenters. The van der Waals surface area contributed by atoms with Crippen molar-refractivity contribution in [3.05, 3.63) is 82.9 Å². The number of nitrogens with zero attached hydrogens (tertiary/aromatic N) is 3. The highest BCUT2D eigenvalue weighted by Gasteiger charge is 2.28. The number of hydrogen-bond donors (Lipinski definition) is 0. The van der Waals surface area contributed by atoms with Gasteiger partial charge in [-0.2, -0.15) is 0 Å². The predicted octanol–water partition coefficient (Wildman–Crippen LogP) is 4.20. The zero-order valence-electron chi connectivity index (χ0n) is 13.4. The van der Waals surface area contributed by atoms with Gasteiger partial charge in [-0.1, -0.05) is 45.4 Å². The first-order valence-corrected chi connectivity index (χ1v) is 8.74. The van der Waals surface area contributed by atoms with Crippen molar-refractivity contribution in [2.75, 3.05) is 6.61 Å². The number of aromatic nitrogens is 2. The van der Waals surface area contributed by atoms with Gasteiger partial charge in [0, 0.05) is 22.4 Å². The van der Waals surface area contributed by atoms with E-state index in [1.54, 1.807) is 12.5 Å². The maximum absolute atomic E-state index is 5.88. The van der Waals surface area contributed by atoms with Crippen LogP contribution in [0.2, 0.25) is 0 Å². The van der Waals surface area contributed by atoms with Gasteiger partial charge in [0.05, 0.1) is 6.33 Å². The number of fused-ring (bicyclic) bond motifs is 1. The average Bonchev–Trinajstić information content (AvgIpc) is 3.18. The van der Waals surface area contributed by atoms with Gasteiger partial charge in [-0.15, -0.1) is 0 Å². The van der Waals surface area contributed by atoms with E-state index < -0.39 is 0 Å². The number of para-hydroxylation sites is 1. The van der Waals surface area contributed by atoms with E-state index in [1.165, 1.54) is 0 Å². The van der Waals surface area contributed by atoms with Crippen LogP contribution in [-0.4, -0.2) is 21.9 Å². The molecule has 2 aromatic carbocycles. The Hall–Kier alpha value is -2.60. The van der Waals surface area contributed by atoms with Gasteiger partial charge in [-0.3, -0.25) is 0 Å². The van der Waals surface area contributed by atoms with Gasteiger partial charge in [0.25, 0.3) is 0 Å². The summed E-state index contributed by atoms with van der Waals surface area (Å²) in [6.45, 7) is 0.907. The molecule has 0 aliphatic carbocycles. The van der Waals surface area contributed by atoms with Crippen LogP contribution in [0.5, 0.6) is 5.75 Å². The molecule has 5 nitrogen and oxygen atoms in total. The van der Waals surface area contributed by atoms with Crippen LogP contribution in [0.4, 0.5) is 0 Å². The predicted molar refractivity (Wildman–Crippen MR) is 98.7 cm³/mol. The van der Waals surface area contributed by atoms with Crippen LogP contribution in [0.25, 0.3) is 0 Å². The number of oxime groups is 1. The highest BCUT2D eigenvalue weighted by molar-refractivity contribution is 9.10. The van der Waals surface area contributed by atoms with E-state index in [4.69, 9.17) is 9.57 Å². The van der Waals surface area contributed by atoms with E-state index in [2.05, 4.69) is 26.1 Å². The van der Waals surface area contributed by atoms with E-state index >= 15 is 0 Å². The first kappa shape index (κ1) is 15.9. The zero-order chi connectivity index (χ0) is 17.1. The molecule has 0 saturated heterocycles. The molecule has 0 amide bonds. The molecule has 0 N–H and O–H groups in total. The minimum atomic E-state index is -0.0673. The van der Waals surface area contributed by atoms with E-state index in [9.17, 15) is 0 Å². The van der Waals surface area contributed by atoms with E-state index in [0.717, 1.165) is 27.1 Å². The number of ether oxygens (including phenoxy) is 1. The molecule has 1 aliphatic heterocycles. The Morgan fingerprint density at radius 3 is 2.84 bits per heavy atom. The van der Waals surface area contributed by atoms with Gasteiger partial charge in [0.1, 0.15) is 30.7 Å². The van der Waals surface area contributed by atoms with Gasteiger partial charge in [0.15, 0.2) is 0 Å². The Kier molecular flexibility index (Phi) is 4.52. The van der Waals surface area contributed by atoms with Crippen molar-refractivity contribution < 1.29 is 9.57 Å². The lowest BCUT2D eigenvalue weighted by Gasteiger charge is -2.27. The minimum absolute atomic E-state index is 0.0673. The topological polar surface area (TPSA) is 48.6 Å². The number of hydrogen-bond acceptors (Lipinski definition) is 4. The summed E-state index contributed by atoms with van der Waals surface area (Å²) in [5.41, 5.74) is 2.85. The largest absolute Gasteiger partial charge is 0.490 e. The zero-order valence-corrected chi connectivity index (χ0v) is 15.0. The Balaban J connectivity index is 1.61. The van der Waals surface area contributed by atoms with Crippen molar-refractivity contribution in [2.45, 2.75) is 12.6 Å². The lowest BCUT2D eigenvalue weighted by atomic mass is 10.00. The highest BCUT2D eigenvalue weighted by atomic mass is 79.9. The Labute approximate surface area is 154 Å². The monoisotopic (exact) mass is 397 g/mol. The van der Waals surface area contributed by atoms with Crippen molar-refractivity contribution in [3.63, 3.8) is 0 Å². The van der Waals surface area contributed by atoms with Crippen LogP contribution in [-0.2, 0) is 11.4 Å². The number of benzene rings is 2. The third kappa shape index (κ3) is 3.44. The highest BCUT2D eigenvalue weighted by Crippen LogP contribution is 2.30. The van der Waals surface area contributed by atoms with E-state index in [1.807, 2.05) is 59.3 Å². The van der Waals surface area contributed by atoms with Gasteiger partial charge in [0.2, 0.25) is 0 Å². The van der Waals surface area contributed by atoms with E-state index in [-0.39, 0.29) is 6.04 Å². The second kappa shape index (κ2) is 7.11. The van der Waals surface area contributed by atoms with Crippen LogP contribution in [0.15, 0.2) is 76.9 Å². The maximum atomic E-state index is 5.88. The lowest BCUT2D eigenvalue weighted by Crippen LogP contribution is -2.30. The molecule has 3 aromatic rings. The molecule has 2 heterocycles. The molecule has 4 rings (SSSR count). The fraction of sp³-hybridized carbons (Fsp3) is 0.158. The maximum Gasteiger partial charge on any atom is 0.142 e. The third-order valence-corrected chi connectivity index (χ3v) is 4.60. The molecule has 0 bridgehead atoms. The van der Waals surface area contributed by atoms with Crippen molar-refractivity contribution in [2.24, 2.45) is 5.16 Å². The Morgan fingerprint density at radius 2 is 2.04 bits per heavy atom. The molecule has 1 aliphatic rings. The van der Waals surface area contributed by atoms with Crippen LogP contribution in [0.3, 0.4) is 0 Å². The Morgan fingerprint density at radius 1 is 1.20 bits per heavy atom. The van der Waals surface area contributed by atoms with Crippen LogP contribution in [0, 0.1) is 0 Å². The molecule has 0 spiro atoms.